The zero-order chi connectivity index (χ0) is 21.0. The van der Waals surface area contributed by atoms with Crippen molar-refractivity contribution >= 4 is 55.4 Å². The van der Waals surface area contributed by atoms with Crippen LogP contribution in [0.1, 0.15) is 49.6 Å². The second-order valence-corrected chi connectivity index (χ2v) is 11.5. The number of thioether (sulfide) groups is 1. The number of hydrogen-bond donors (Lipinski definition) is 1. The Balaban J connectivity index is 1.58. The Kier molecular flexibility index (Phi) is 7.23. The Bertz CT molecular complexity index is 972. The number of unbranched alkanes of at least 4 members (excludes halogenated alkanes) is 1. The SMILES string of the molecule is COC(=O)CCCC[C@]1(C)CC(SC(=O)c2cc(=O)c3c(O)cccc3o2)SS1. The minimum Gasteiger partial charge on any atom is -0.507 e. The smallest absolute Gasteiger partial charge is 0.305 e. The summed E-state index contributed by atoms with van der Waals surface area (Å²) in [7, 11) is 4.82. The van der Waals surface area contributed by atoms with E-state index < -0.39 is 5.43 Å². The van der Waals surface area contributed by atoms with E-state index in [1.807, 2.05) is 0 Å². The van der Waals surface area contributed by atoms with E-state index in [0.717, 1.165) is 31.7 Å². The average molecular weight is 455 g/mol. The molecule has 1 aromatic heterocycles. The Labute approximate surface area is 180 Å². The lowest BCUT2D eigenvalue weighted by molar-refractivity contribution is -0.140. The van der Waals surface area contributed by atoms with Gasteiger partial charge in [-0.15, -0.1) is 0 Å². The third-order valence-electron chi connectivity index (χ3n) is 4.69. The molecule has 0 spiro atoms. The third-order valence-corrected chi connectivity index (χ3v) is 9.92. The van der Waals surface area contributed by atoms with Crippen molar-refractivity contribution in [2.24, 2.45) is 0 Å². The Morgan fingerprint density at radius 1 is 1.38 bits per heavy atom. The summed E-state index contributed by atoms with van der Waals surface area (Å²) in [6, 6.07) is 5.69. The van der Waals surface area contributed by atoms with Crippen molar-refractivity contribution in [1.82, 2.24) is 0 Å². The van der Waals surface area contributed by atoms with Gasteiger partial charge in [-0.05, 0) is 38.3 Å². The molecule has 3 rings (SSSR count). The highest BCUT2D eigenvalue weighted by atomic mass is 33.1. The van der Waals surface area contributed by atoms with Gasteiger partial charge in [0.1, 0.15) is 16.7 Å². The van der Waals surface area contributed by atoms with Crippen LogP contribution >= 0.6 is 33.3 Å². The number of benzene rings is 1. The monoisotopic (exact) mass is 454 g/mol. The standard InChI is InChI=1S/C20H22O6S3/c1-20(9-4-3-8-16(23)25-2)11-17(28-29-20)27-19(24)15-10-13(22)18-12(21)6-5-7-14(18)26-15/h5-7,10,17,21H,3-4,8-9,11H2,1-2H3/t17?,20-/m1/s1. The molecular weight excluding hydrogens is 432 g/mol. The minimum atomic E-state index is -0.433. The average Bonchev–Trinajstić information content (AvgIpc) is 3.05. The molecule has 29 heavy (non-hydrogen) atoms. The van der Waals surface area contributed by atoms with E-state index in [9.17, 15) is 19.5 Å². The van der Waals surface area contributed by atoms with Gasteiger partial charge < -0.3 is 14.3 Å². The number of phenols is 1. The zero-order valence-corrected chi connectivity index (χ0v) is 18.6. The number of hydrogen-bond acceptors (Lipinski definition) is 9. The lowest BCUT2D eigenvalue weighted by atomic mass is 9.99. The van der Waals surface area contributed by atoms with Crippen LogP contribution in [-0.4, -0.2) is 32.6 Å². The van der Waals surface area contributed by atoms with Crippen molar-refractivity contribution in [3.05, 3.63) is 40.2 Å². The van der Waals surface area contributed by atoms with Crippen molar-refractivity contribution in [3.8, 4) is 5.75 Å². The molecule has 9 heteroatoms. The van der Waals surface area contributed by atoms with Gasteiger partial charge >= 0.3 is 5.97 Å². The molecule has 0 bridgehead atoms. The van der Waals surface area contributed by atoms with Crippen molar-refractivity contribution in [2.45, 2.75) is 48.4 Å². The number of aromatic hydroxyl groups is 1. The van der Waals surface area contributed by atoms with Gasteiger partial charge in [-0.3, -0.25) is 14.4 Å². The predicted octanol–water partition coefficient (Wildman–Crippen LogP) is 4.98. The highest BCUT2D eigenvalue weighted by Gasteiger charge is 2.38. The summed E-state index contributed by atoms with van der Waals surface area (Å²) in [4.78, 5) is 36.1. The van der Waals surface area contributed by atoms with Crippen LogP contribution in [0, 0.1) is 0 Å². The number of ether oxygens (including phenoxy) is 1. The quantitative estimate of drug-likeness (QED) is 0.353. The van der Waals surface area contributed by atoms with Gasteiger partial charge in [0.15, 0.2) is 11.2 Å². The number of esters is 1. The van der Waals surface area contributed by atoms with Crippen LogP contribution in [0.3, 0.4) is 0 Å². The first-order chi connectivity index (χ1) is 13.8. The van der Waals surface area contributed by atoms with Gasteiger partial charge in [-0.25, -0.2) is 0 Å². The van der Waals surface area contributed by atoms with Crippen molar-refractivity contribution in [2.75, 3.05) is 7.11 Å². The molecule has 0 aliphatic carbocycles. The van der Waals surface area contributed by atoms with Crippen LogP contribution in [-0.2, 0) is 9.53 Å². The molecule has 1 aliphatic heterocycles. The number of methoxy groups -OCH3 is 1. The molecular formula is C20H22O6S3. The highest BCUT2D eigenvalue weighted by molar-refractivity contribution is 8.79. The maximum Gasteiger partial charge on any atom is 0.305 e. The van der Waals surface area contributed by atoms with Gasteiger partial charge in [0.05, 0.1) is 11.7 Å². The fraction of sp³-hybridized carbons (Fsp3) is 0.450. The molecule has 0 amide bonds. The van der Waals surface area contributed by atoms with Crippen LogP contribution in [0.2, 0.25) is 0 Å². The molecule has 1 saturated heterocycles. The number of carbonyl (C=O) groups is 2. The Morgan fingerprint density at radius 3 is 2.93 bits per heavy atom. The first-order valence-electron chi connectivity index (χ1n) is 9.19. The molecule has 156 valence electrons. The topological polar surface area (TPSA) is 93.8 Å². The van der Waals surface area contributed by atoms with Crippen molar-refractivity contribution < 1.29 is 23.8 Å². The number of phenolic OH excluding ortho intramolecular Hbond substituents is 1. The second kappa shape index (κ2) is 9.49. The van der Waals surface area contributed by atoms with E-state index in [4.69, 9.17) is 4.42 Å². The fourth-order valence-corrected chi connectivity index (χ4v) is 8.29. The number of carbonyl (C=O) groups excluding carboxylic acids is 2. The van der Waals surface area contributed by atoms with Gasteiger partial charge in [0.25, 0.3) is 5.12 Å². The summed E-state index contributed by atoms with van der Waals surface area (Å²) >= 11 is 1.17. The maximum atomic E-state index is 12.7. The Hall–Kier alpha value is -1.58. The van der Waals surface area contributed by atoms with Crippen molar-refractivity contribution in [3.63, 3.8) is 0 Å². The van der Waals surface area contributed by atoms with Crippen LogP contribution in [0.25, 0.3) is 11.0 Å². The summed E-state index contributed by atoms with van der Waals surface area (Å²) in [6.07, 6.45) is 3.94. The third kappa shape index (κ3) is 5.52. The number of rotatable bonds is 7. The van der Waals surface area contributed by atoms with Gasteiger partial charge in [-0.2, -0.15) is 0 Å². The molecule has 2 aromatic rings. The molecule has 2 heterocycles. The molecule has 6 nitrogen and oxygen atoms in total. The minimum absolute atomic E-state index is 0.00428. The predicted molar refractivity (Wildman–Crippen MR) is 119 cm³/mol. The van der Waals surface area contributed by atoms with Crippen LogP contribution in [0.4, 0.5) is 0 Å². The zero-order valence-electron chi connectivity index (χ0n) is 16.1. The van der Waals surface area contributed by atoms with Crippen LogP contribution in [0.5, 0.6) is 5.75 Å². The van der Waals surface area contributed by atoms with Crippen LogP contribution in [0.15, 0.2) is 33.5 Å². The largest absolute Gasteiger partial charge is 0.507 e. The summed E-state index contributed by atoms with van der Waals surface area (Å²) in [6.45, 7) is 2.17. The summed E-state index contributed by atoms with van der Waals surface area (Å²) in [5.74, 6) is -0.350. The first-order valence-corrected chi connectivity index (χ1v) is 12.3. The molecule has 0 saturated carbocycles. The molecule has 1 unspecified atom stereocenters. The van der Waals surface area contributed by atoms with E-state index in [1.54, 1.807) is 33.7 Å². The molecule has 0 radical (unpaired) electrons. The fourth-order valence-electron chi connectivity index (χ4n) is 3.14. The number of fused-ring (bicyclic) bond motifs is 1. The van der Waals surface area contributed by atoms with E-state index >= 15 is 0 Å². The first kappa shape index (κ1) is 22.1. The van der Waals surface area contributed by atoms with Gasteiger partial charge in [-0.1, -0.05) is 45.8 Å². The summed E-state index contributed by atoms with van der Waals surface area (Å²) in [5, 5.41) is 9.61. The summed E-state index contributed by atoms with van der Waals surface area (Å²) in [5.41, 5.74) is -0.234. The highest BCUT2D eigenvalue weighted by Crippen LogP contribution is 2.56. The molecule has 1 aromatic carbocycles. The normalized spacial score (nSPS) is 21.4. The van der Waals surface area contributed by atoms with Crippen molar-refractivity contribution in [1.29, 1.82) is 0 Å². The second-order valence-electron chi connectivity index (χ2n) is 7.08. The lowest BCUT2D eigenvalue weighted by Gasteiger charge is -2.21. The van der Waals surface area contributed by atoms with E-state index in [0.29, 0.717) is 6.42 Å². The van der Waals surface area contributed by atoms with E-state index in [2.05, 4.69) is 11.7 Å². The molecule has 2 atom stereocenters. The molecule has 1 N–H and O–H groups in total. The molecule has 1 aliphatic rings. The summed E-state index contributed by atoms with van der Waals surface area (Å²) < 4.78 is 10.3. The maximum absolute atomic E-state index is 12.7. The lowest BCUT2D eigenvalue weighted by Crippen LogP contribution is -2.18. The van der Waals surface area contributed by atoms with Crippen LogP contribution < -0.4 is 5.43 Å². The van der Waals surface area contributed by atoms with Gasteiger partial charge in [0, 0.05) is 17.2 Å². The molecule has 1 fully saturated rings. The van der Waals surface area contributed by atoms with E-state index in [-0.39, 0.29) is 42.9 Å². The Morgan fingerprint density at radius 2 is 2.17 bits per heavy atom. The van der Waals surface area contributed by atoms with E-state index in [1.165, 1.54) is 24.9 Å². The van der Waals surface area contributed by atoms with Gasteiger partial charge in [0.2, 0.25) is 0 Å².